The number of nitrogens with one attached hydrogen (secondary N) is 2. The van der Waals surface area contributed by atoms with Gasteiger partial charge in [-0.15, -0.1) is 0 Å². The number of nitrogens with zero attached hydrogens (tertiary/aromatic N) is 1. The number of aromatic nitrogens is 1. The standard InChI is InChI=1S/C11H14ClN3O2/c1-15-6-7(12)4-9(15)11(17)14-8-2-3-10(16)13-5-8/h4,6,8H,2-3,5H2,1H3,(H,13,16)(H,14,17). The highest BCUT2D eigenvalue weighted by Gasteiger charge is 2.21. The molecule has 0 saturated carbocycles. The van der Waals surface area contributed by atoms with Crippen LogP contribution in [-0.4, -0.2) is 29.0 Å². The van der Waals surface area contributed by atoms with E-state index in [9.17, 15) is 9.59 Å². The molecule has 2 heterocycles. The Kier molecular flexibility index (Phi) is 3.38. The van der Waals surface area contributed by atoms with Gasteiger partial charge in [0, 0.05) is 32.3 Å². The highest BCUT2D eigenvalue weighted by atomic mass is 35.5. The minimum atomic E-state index is -0.166. The molecule has 0 spiro atoms. The number of carbonyl (C=O) groups is 2. The topological polar surface area (TPSA) is 63.1 Å². The molecule has 1 atom stereocenters. The van der Waals surface area contributed by atoms with Crippen LogP contribution in [0.5, 0.6) is 0 Å². The van der Waals surface area contributed by atoms with Gasteiger partial charge in [0.25, 0.3) is 5.91 Å². The summed E-state index contributed by atoms with van der Waals surface area (Å²) in [6.07, 6.45) is 2.81. The Morgan fingerprint density at radius 3 is 2.94 bits per heavy atom. The molecule has 1 fully saturated rings. The van der Waals surface area contributed by atoms with E-state index in [-0.39, 0.29) is 17.9 Å². The van der Waals surface area contributed by atoms with Gasteiger partial charge < -0.3 is 15.2 Å². The van der Waals surface area contributed by atoms with Crippen molar-refractivity contribution in [2.24, 2.45) is 7.05 Å². The summed E-state index contributed by atoms with van der Waals surface area (Å²) in [6, 6.07) is 1.62. The summed E-state index contributed by atoms with van der Waals surface area (Å²) in [7, 11) is 1.77. The largest absolute Gasteiger partial charge is 0.354 e. The summed E-state index contributed by atoms with van der Waals surface area (Å²) in [5.41, 5.74) is 0.520. The quantitative estimate of drug-likeness (QED) is 0.817. The fourth-order valence-corrected chi connectivity index (χ4v) is 2.12. The molecule has 0 bridgehead atoms. The summed E-state index contributed by atoms with van der Waals surface area (Å²) < 4.78 is 1.68. The number of hydrogen-bond donors (Lipinski definition) is 2. The maximum atomic E-state index is 11.9. The van der Waals surface area contributed by atoms with Crippen molar-refractivity contribution in [1.82, 2.24) is 15.2 Å². The molecule has 2 rings (SSSR count). The first-order chi connectivity index (χ1) is 8.06. The highest BCUT2D eigenvalue weighted by Crippen LogP contribution is 2.13. The van der Waals surface area contributed by atoms with Crippen molar-refractivity contribution in [2.45, 2.75) is 18.9 Å². The van der Waals surface area contributed by atoms with Crippen LogP contribution in [0, 0.1) is 0 Å². The van der Waals surface area contributed by atoms with Crippen molar-refractivity contribution in [3.63, 3.8) is 0 Å². The van der Waals surface area contributed by atoms with Crippen LogP contribution >= 0.6 is 11.6 Å². The molecular formula is C11H14ClN3O2. The first kappa shape index (κ1) is 12.0. The Bertz CT molecular complexity index is 446. The van der Waals surface area contributed by atoms with E-state index in [1.165, 1.54) is 0 Å². The second-order valence-electron chi connectivity index (χ2n) is 4.17. The summed E-state index contributed by atoms with van der Waals surface area (Å²) in [5, 5.41) is 6.14. The van der Waals surface area contributed by atoms with E-state index in [1.54, 1.807) is 23.9 Å². The van der Waals surface area contributed by atoms with Crippen LogP contribution in [0.3, 0.4) is 0 Å². The van der Waals surface area contributed by atoms with Gasteiger partial charge in [0.15, 0.2) is 0 Å². The van der Waals surface area contributed by atoms with Crippen LogP contribution in [0.2, 0.25) is 5.02 Å². The van der Waals surface area contributed by atoms with E-state index >= 15 is 0 Å². The summed E-state index contributed by atoms with van der Waals surface area (Å²) in [4.78, 5) is 22.9. The van der Waals surface area contributed by atoms with Gasteiger partial charge in [-0.05, 0) is 12.5 Å². The molecule has 2 N–H and O–H groups in total. The second-order valence-corrected chi connectivity index (χ2v) is 4.60. The highest BCUT2D eigenvalue weighted by molar-refractivity contribution is 6.31. The Hall–Kier alpha value is -1.49. The monoisotopic (exact) mass is 255 g/mol. The zero-order valence-electron chi connectivity index (χ0n) is 9.50. The second kappa shape index (κ2) is 4.79. The predicted molar refractivity (Wildman–Crippen MR) is 63.9 cm³/mol. The van der Waals surface area contributed by atoms with Gasteiger partial charge in [0.2, 0.25) is 5.91 Å². The molecule has 0 aromatic carbocycles. The molecule has 1 unspecified atom stereocenters. The lowest BCUT2D eigenvalue weighted by molar-refractivity contribution is -0.122. The number of piperidine rings is 1. The van der Waals surface area contributed by atoms with Crippen LogP contribution in [0.1, 0.15) is 23.3 Å². The van der Waals surface area contributed by atoms with Crippen LogP contribution in [0.25, 0.3) is 0 Å². The van der Waals surface area contributed by atoms with Crippen molar-refractivity contribution in [3.05, 3.63) is 23.0 Å². The Morgan fingerprint density at radius 1 is 1.65 bits per heavy atom. The molecule has 1 aromatic heterocycles. The fraction of sp³-hybridized carbons (Fsp3) is 0.455. The van der Waals surface area contributed by atoms with Crippen LogP contribution < -0.4 is 10.6 Å². The number of hydrogen-bond acceptors (Lipinski definition) is 2. The maximum Gasteiger partial charge on any atom is 0.268 e. The summed E-state index contributed by atoms with van der Waals surface area (Å²) >= 11 is 5.81. The predicted octanol–water partition coefficient (Wildman–Crippen LogP) is 0.687. The molecule has 5 nitrogen and oxygen atoms in total. The van der Waals surface area contributed by atoms with E-state index in [0.29, 0.717) is 30.1 Å². The van der Waals surface area contributed by atoms with E-state index in [1.807, 2.05) is 0 Å². The van der Waals surface area contributed by atoms with Gasteiger partial charge in [-0.25, -0.2) is 0 Å². The van der Waals surface area contributed by atoms with Crippen molar-refractivity contribution in [2.75, 3.05) is 6.54 Å². The van der Waals surface area contributed by atoms with Crippen LogP contribution in [0.4, 0.5) is 0 Å². The number of amides is 2. The third kappa shape index (κ3) is 2.79. The number of aryl methyl sites for hydroxylation is 1. The minimum Gasteiger partial charge on any atom is -0.354 e. The molecule has 1 saturated heterocycles. The van der Waals surface area contributed by atoms with E-state index in [2.05, 4.69) is 10.6 Å². The van der Waals surface area contributed by atoms with Crippen molar-refractivity contribution < 1.29 is 9.59 Å². The maximum absolute atomic E-state index is 11.9. The van der Waals surface area contributed by atoms with Crippen LogP contribution in [-0.2, 0) is 11.8 Å². The molecular weight excluding hydrogens is 242 g/mol. The first-order valence-corrected chi connectivity index (χ1v) is 5.83. The lowest BCUT2D eigenvalue weighted by Crippen LogP contribution is -2.48. The van der Waals surface area contributed by atoms with Gasteiger partial charge >= 0.3 is 0 Å². The molecule has 92 valence electrons. The molecule has 1 aliphatic heterocycles. The van der Waals surface area contributed by atoms with E-state index in [4.69, 9.17) is 11.6 Å². The smallest absolute Gasteiger partial charge is 0.268 e. The van der Waals surface area contributed by atoms with Gasteiger partial charge in [0.1, 0.15) is 5.69 Å². The molecule has 6 heteroatoms. The van der Waals surface area contributed by atoms with Gasteiger partial charge in [-0.2, -0.15) is 0 Å². The minimum absolute atomic E-state index is 0.00567. The third-order valence-electron chi connectivity index (χ3n) is 2.80. The van der Waals surface area contributed by atoms with Crippen molar-refractivity contribution >= 4 is 23.4 Å². The molecule has 0 radical (unpaired) electrons. The SMILES string of the molecule is Cn1cc(Cl)cc1C(=O)NC1CCC(=O)NC1. The lowest BCUT2D eigenvalue weighted by Gasteiger charge is -2.23. The molecule has 2 amide bonds. The van der Waals surface area contributed by atoms with Gasteiger partial charge in [0.05, 0.1) is 5.02 Å². The molecule has 0 aliphatic carbocycles. The number of rotatable bonds is 2. The Balaban J connectivity index is 1.97. The molecule has 1 aromatic rings. The average molecular weight is 256 g/mol. The van der Waals surface area contributed by atoms with Gasteiger partial charge in [-0.3, -0.25) is 9.59 Å². The first-order valence-electron chi connectivity index (χ1n) is 5.45. The Morgan fingerprint density at radius 2 is 2.41 bits per heavy atom. The third-order valence-corrected chi connectivity index (χ3v) is 3.01. The molecule has 17 heavy (non-hydrogen) atoms. The average Bonchev–Trinajstić information content (AvgIpc) is 2.61. The molecule has 1 aliphatic rings. The lowest BCUT2D eigenvalue weighted by atomic mass is 10.1. The number of halogens is 1. The fourth-order valence-electron chi connectivity index (χ4n) is 1.87. The van der Waals surface area contributed by atoms with Gasteiger partial charge in [-0.1, -0.05) is 11.6 Å². The zero-order chi connectivity index (χ0) is 12.4. The Labute approximate surface area is 104 Å². The summed E-state index contributed by atoms with van der Waals surface area (Å²) in [6.45, 7) is 0.489. The number of carbonyl (C=O) groups excluding carboxylic acids is 2. The van der Waals surface area contributed by atoms with Crippen LogP contribution in [0.15, 0.2) is 12.3 Å². The van der Waals surface area contributed by atoms with E-state index < -0.39 is 0 Å². The van der Waals surface area contributed by atoms with Crippen molar-refractivity contribution in [1.29, 1.82) is 0 Å². The van der Waals surface area contributed by atoms with Crippen molar-refractivity contribution in [3.8, 4) is 0 Å². The normalized spacial score (nSPS) is 19.9. The van der Waals surface area contributed by atoms with E-state index in [0.717, 1.165) is 0 Å². The zero-order valence-corrected chi connectivity index (χ0v) is 10.3. The summed E-state index contributed by atoms with van der Waals surface area (Å²) in [5.74, 6) is -0.127.